The lowest BCUT2D eigenvalue weighted by molar-refractivity contribution is 0.0997. The minimum absolute atomic E-state index is 0.210. The van der Waals surface area contributed by atoms with E-state index in [2.05, 4.69) is 10.3 Å². The van der Waals surface area contributed by atoms with E-state index in [9.17, 15) is 4.79 Å². The number of carbonyl (C=O) groups is 1. The fourth-order valence-electron chi connectivity index (χ4n) is 2.34. The molecule has 4 nitrogen and oxygen atoms in total. The van der Waals surface area contributed by atoms with E-state index in [-0.39, 0.29) is 11.7 Å². The normalized spacial score (nSPS) is 11.0. The van der Waals surface area contributed by atoms with E-state index < -0.39 is 0 Å². The van der Waals surface area contributed by atoms with Gasteiger partial charge < -0.3 is 4.42 Å². The molecular weight excluding hydrogens is 379 g/mol. The van der Waals surface area contributed by atoms with Crippen molar-refractivity contribution in [3.63, 3.8) is 0 Å². The number of furan rings is 1. The van der Waals surface area contributed by atoms with Gasteiger partial charge in [0.2, 0.25) is 0 Å². The maximum atomic E-state index is 12.4. The molecule has 0 atom stereocenters. The minimum atomic E-state index is -0.356. The second-order valence-corrected chi connectivity index (χ2v) is 7.16. The predicted octanol–water partition coefficient (Wildman–Crippen LogP) is 6.12. The van der Waals surface area contributed by atoms with Gasteiger partial charge in [-0.2, -0.15) is 0 Å². The number of aromatic nitrogens is 1. The fraction of sp³-hybridized carbons (Fsp3) is 0. The van der Waals surface area contributed by atoms with Gasteiger partial charge in [-0.15, -0.1) is 0 Å². The Kier molecular flexibility index (Phi) is 4.21. The van der Waals surface area contributed by atoms with Gasteiger partial charge in [0.15, 0.2) is 10.9 Å². The van der Waals surface area contributed by atoms with Crippen LogP contribution in [-0.2, 0) is 0 Å². The molecule has 0 aliphatic carbocycles. The van der Waals surface area contributed by atoms with Gasteiger partial charge in [0.05, 0.1) is 10.2 Å². The number of nitrogens with zero attached hydrogens (tertiary/aromatic N) is 1. The van der Waals surface area contributed by atoms with Crippen LogP contribution in [0.15, 0.2) is 59.0 Å². The molecule has 0 radical (unpaired) electrons. The van der Waals surface area contributed by atoms with Crippen LogP contribution in [0.3, 0.4) is 0 Å². The van der Waals surface area contributed by atoms with Gasteiger partial charge >= 0.3 is 0 Å². The first-order valence-corrected chi connectivity index (χ1v) is 8.89. The van der Waals surface area contributed by atoms with Crippen molar-refractivity contribution >= 4 is 55.8 Å². The third kappa shape index (κ3) is 3.39. The molecule has 25 heavy (non-hydrogen) atoms. The summed E-state index contributed by atoms with van der Waals surface area (Å²) in [5, 5.41) is 4.49. The zero-order chi connectivity index (χ0) is 17.4. The summed E-state index contributed by atoms with van der Waals surface area (Å²) < 4.78 is 6.58. The summed E-state index contributed by atoms with van der Waals surface area (Å²) in [7, 11) is 0. The molecule has 4 rings (SSSR count). The highest BCUT2D eigenvalue weighted by Crippen LogP contribution is 2.29. The van der Waals surface area contributed by atoms with Crippen molar-refractivity contribution in [3.8, 4) is 11.3 Å². The molecule has 0 spiro atoms. The molecule has 4 aromatic rings. The monoisotopic (exact) mass is 388 g/mol. The molecule has 1 amide bonds. The number of hydrogen-bond donors (Lipinski definition) is 1. The van der Waals surface area contributed by atoms with Crippen molar-refractivity contribution < 1.29 is 9.21 Å². The van der Waals surface area contributed by atoms with Crippen molar-refractivity contribution in [2.24, 2.45) is 0 Å². The average molecular weight is 389 g/mol. The van der Waals surface area contributed by atoms with Gasteiger partial charge in [-0.05, 0) is 54.6 Å². The number of anilines is 1. The lowest BCUT2D eigenvalue weighted by atomic mass is 10.2. The highest BCUT2D eigenvalue weighted by molar-refractivity contribution is 7.22. The Hall–Kier alpha value is -2.34. The lowest BCUT2D eigenvalue weighted by Gasteiger charge is -1.99. The number of thiazole rings is 1. The molecule has 0 saturated heterocycles. The third-order valence-electron chi connectivity index (χ3n) is 3.53. The molecule has 7 heteroatoms. The third-order valence-corrected chi connectivity index (χ3v) is 4.97. The summed E-state index contributed by atoms with van der Waals surface area (Å²) in [6, 6.07) is 16.0. The highest BCUT2D eigenvalue weighted by Gasteiger charge is 2.15. The Morgan fingerprint density at radius 1 is 1.00 bits per heavy atom. The van der Waals surface area contributed by atoms with E-state index in [1.54, 1.807) is 36.4 Å². The number of amides is 1. The van der Waals surface area contributed by atoms with E-state index in [0.29, 0.717) is 20.9 Å². The molecule has 0 unspecified atom stereocenters. The molecule has 2 aromatic carbocycles. The Bertz CT molecular complexity index is 1070. The van der Waals surface area contributed by atoms with Crippen LogP contribution in [0.1, 0.15) is 10.6 Å². The standard InChI is InChI=1S/C18H10Cl2N2O2S/c19-11-3-1-10(2-4-11)14-6-7-15(24-14)17(23)22-18-21-13-9-12(20)5-8-16(13)25-18/h1-9H,(H,21,22,23). The van der Waals surface area contributed by atoms with Crippen molar-refractivity contribution in [2.75, 3.05) is 5.32 Å². The maximum absolute atomic E-state index is 12.4. The zero-order valence-corrected chi connectivity index (χ0v) is 15.0. The number of carbonyl (C=O) groups excluding carboxylic acids is 1. The summed E-state index contributed by atoms with van der Waals surface area (Å²) >= 11 is 13.2. The van der Waals surface area contributed by atoms with Gasteiger partial charge in [0.1, 0.15) is 5.76 Å². The largest absolute Gasteiger partial charge is 0.451 e. The molecule has 0 saturated carbocycles. The number of hydrogen-bond acceptors (Lipinski definition) is 4. The van der Waals surface area contributed by atoms with Gasteiger partial charge in [-0.3, -0.25) is 10.1 Å². The Morgan fingerprint density at radius 2 is 1.76 bits per heavy atom. The van der Waals surface area contributed by atoms with Crippen LogP contribution < -0.4 is 5.32 Å². The molecule has 1 N–H and O–H groups in total. The van der Waals surface area contributed by atoms with Crippen LogP contribution in [0.2, 0.25) is 10.0 Å². The zero-order valence-electron chi connectivity index (χ0n) is 12.6. The van der Waals surface area contributed by atoms with E-state index >= 15 is 0 Å². The van der Waals surface area contributed by atoms with E-state index in [1.807, 2.05) is 18.2 Å². The molecule has 0 aliphatic rings. The van der Waals surface area contributed by atoms with Crippen molar-refractivity contribution in [2.45, 2.75) is 0 Å². The fourth-order valence-corrected chi connectivity index (χ4v) is 3.48. The number of rotatable bonds is 3. The van der Waals surface area contributed by atoms with Gasteiger partial charge in [0, 0.05) is 15.6 Å². The predicted molar refractivity (Wildman–Crippen MR) is 102 cm³/mol. The average Bonchev–Trinajstić information content (AvgIpc) is 3.21. The van der Waals surface area contributed by atoms with Crippen LogP contribution in [0.25, 0.3) is 21.5 Å². The second-order valence-electron chi connectivity index (χ2n) is 5.26. The molecule has 124 valence electrons. The van der Waals surface area contributed by atoms with Crippen LogP contribution in [0, 0.1) is 0 Å². The van der Waals surface area contributed by atoms with Gasteiger partial charge in [0.25, 0.3) is 5.91 Å². The SMILES string of the molecule is O=C(Nc1nc2cc(Cl)ccc2s1)c1ccc(-c2ccc(Cl)cc2)o1. The van der Waals surface area contributed by atoms with Crippen LogP contribution in [0.5, 0.6) is 0 Å². The first kappa shape index (κ1) is 16.1. The summed E-state index contributed by atoms with van der Waals surface area (Å²) in [5.41, 5.74) is 1.59. The summed E-state index contributed by atoms with van der Waals surface area (Å²) in [5.74, 6) is 0.450. The van der Waals surface area contributed by atoms with Gasteiger partial charge in [-0.25, -0.2) is 4.98 Å². The van der Waals surface area contributed by atoms with Crippen LogP contribution in [-0.4, -0.2) is 10.9 Å². The maximum Gasteiger partial charge on any atom is 0.293 e. The first-order valence-electron chi connectivity index (χ1n) is 7.32. The van der Waals surface area contributed by atoms with Crippen LogP contribution in [0.4, 0.5) is 5.13 Å². The smallest absolute Gasteiger partial charge is 0.293 e. The summed E-state index contributed by atoms with van der Waals surface area (Å²) in [6.07, 6.45) is 0. The van der Waals surface area contributed by atoms with E-state index in [0.717, 1.165) is 15.8 Å². The van der Waals surface area contributed by atoms with Gasteiger partial charge in [-0.1, -0.05) is 34.5 Å². The lowest BCUT2D eigenvalue weighted by Crippen LogP contribution is -2.10. The molecule has 0 aliphatic heterocycles. The highest BCUT2D eigenvalue weighted by atomic mass is 35.5. The topological polar surface area (TPSA) is 55.1 Å². The second kappa shape index (κ2) is 6.52. The van der Waals surface area contributed by atoms with Crippen molar-refractivity contribution in [1.82, 2.24) is 4.98 Å². The summed E-state index contributed by atoms with van der Waals surface area (Å²) in [4.78, 5) is 16.7. The van der Waals surface area contributed by atoms with Crippen molar-refractivity contribution in [1.29, 1.82) is 0 Å². The Labute approximate surface area is 157 Å². The quantitative estimate of drug-likeness (QED) is 0.460. The molecule has 2 heterocycles. The minimum Gasteiger partial charge on any atom is -0.451 e. The van der Waals surface area contributed by atoms with Crippen LogP contribution >= 0.6 is 34.5 Å². The number of nitrogens with one attached hydrogen (secondary N) is 1. The van der Waals surface area contributed by atoms with Crippen molar-refractivity contribution in [3.05, 3.63) is 70.4 Å². The molecule has 2 aromatic heterocycles. The Balaban J connectivity index is 1.55. The Morgan fingerprint density at radius 3 is 2.56 bits per heavy atom. The summed E-state index contributed by atoms with van der Waals surface area (Å²) in [6.45, 7) is 0. The number of halogens is 2. The molecular formula is C18H10Cl2N2O2S. The molecule has 0 bridgehead atoms. The van der Waals surface area contributed by atoms with E-state index in [1.165, 1.54) is 11.3 Å². The molecule has 0 fully saturated rings. The van der Waals surface area contributed by atoms with E-state index in [4.69, 9.17) is 27.6 Å². The first-order chi connectivity index (χ1) is 12.1. The number of benzene rings is 2. The number of fused-ring (bicyclic) bond motifs is 1.